The molecule has 0 amide bonds. The van der Waals surface area contributed by atoms with Crippen LogP contribution >= 0.6 is 0 Å². The molecule has 0 fully saturated rings. The third-order valence-corrected chi connectivity index (χ3v) is 2.57. The quantitative estimate of drug-likeness (QED) is 0.440. The highest BCUT2D eigenvalue weighted by Crippen LogP contribution is 2.24. The van der Waals surface area contributed by atoms with E-state index < -0.39 is 16.9 Å². The SMILES string of the molecule is CCCCNC(C(=O)O)c1ccccc1[N+](=O)[O-]. The van der Waals surface area contributed by atoms with Crippen LogP contribution in [-0.2, 0) is 4.79 Å². The van der Waals surface area contributed by atoms with Crippen LogP contribution in [-0.4, -0.2) is 22.5 Å². The molecule has 6 heteroatoms. The van der Waals surface area contributed by atoms with Gasteiger partial charge in [0, 0.05) is 6.07 Å². The number of carboxylic acids is 1. The van der Waals surface area contributed by atoms with E-state index >= 15 is 0 Å². The van der Waals surface area contributed by atoms with Crippen molar-refractivity contribution in [2.45, 2.75) is 25.8 Å². The summed E-state index contributed by atoms with van der Waals surface area (Å²) in [4.78, 5) is 21.5. The zero-order valence-electron chi connectivity index (χ0n) is 10.1. The van der Waals surface area contributed by atoms with Crippen molar-refractivity contribution in [3.8, 4) is 0 Å². The number of hydrogen-bond acceptors (Lipinski definition) is 4. The first-order chi connectivity index (χ1) is 8.57. The van der Waals surface area contributed by atoms with Crippen LogP contribution in [0.4, 0.5) is 5.69 Å². The van der Waals surface area contributed by atoms with Gasteiger partial charge in [0.2, 0.25) is 0 Å². The number of para-hydroxylation sites is 1. The Morgan fingerprint density at radius 2 is 2.17 bits per heavy atom. The van der Waals surface area contributed by atoms with Crippen LogP contribution in [0.3, 0.4) is 0 Å². The van der Waals surface area contributed by atoms with Crippen molar-refractivity contribution >= 4 is 11.7 Å². The Morgan fingerprint density at radius 3 is 2.72 bits per heavy atom. The zero-order chi connectivity index (χ0) is 13.5. The Kier molecular flexibility index (Phi) is 5.26. The van der Waals surface area contributed by atoms with Crippen LogP contribution in [0.25, 0.3) is 0 Å². The Labute approximate surface area is 105 Å². The van der Waals surface area contributed by atoms with Crippen molar-refractivity contribution in [2.24, 2.45) is 0 Å². The van der Waals surface area contributed by atoms with Crippen LogP contribution in [0.5, 0.6) is 0 Å². The van der Waals surface area contributed by atoms with Gasteiger partial charge < -0.3 is 10.4 Å². The number of nitrogens with one attached hydrogen (secondary N) is 1. The Hall–Kier alpha value is -1.95. The number of aliphatic carboxylic acids is 1. The van der Waals surface area contributed by atoms with Crippen molar-refractivity contribution in [2.75, 3.05) is 6.54 Å². The highest BCUT2D eigenvalue weighted by Gasteiger charge is 2.26. The predicted octanol–water partition coefficient (Wildman–Crippen LogP) is 2.11. The molecule has 0 aliphatic heterocycles. The minimum absolute atomic E-state index is 0.172. The van der Waals surface area contributed by atoms with E-state index in [2.05, 4.69) is 5.32 Å². The van der Waals surface area contributed by atoms with Crippen LogP contribution in [0, 0.1) is 10.1 Å². The van der Waals surface area contributed by atoms with Gasteiger partial charge in [-0.1, -0.05) is 25.5 Å². The molecule has 0 heterocycles. The molecule has 1 aromatic carbocycles. The molecule has 18 heavy (non-hydrogen) atoms. The summed E-state index contributed by atoms with van der Waals surface area (Å²) in [6.07, 6.45) is 1.75. The van der Waals surface area contributed by atoms with E-state index in [4.69, 9.17) is 5.11 Å². The molecule has 0 aliphatic rings. The molecule has 0 saturated carbocycles. The lowest BCUT2D eigenvalue weighted by Crippen LogP contribution is -2.29. The molecule has 1 unspecified atom stereocenters. The van der Waals surface area contributed by atoms with Gasteiger partial charge in [-0.3, -0.25) is 14.9 Å². The minimum Gasteiger partial charge on any atom is -0.480 e. The minimum atomic E-state index is -1.11. The van der Waals surface area contributed by atoms with E-state index in [0.29, 0.717) is 6.54 Å². The summed E-state index contributed by atoms with van der Waals surface area (Å²) >= 11 is 0. The number of hydrogen-bond donors (Lipinski definition) is 2. The number of nitrogens with zero attached hydrogens (tertiary/aromatic N) is 1. The maximum absolute atomic E-state index is 11.2. The fraction of sp³-hybridized carbons (Fsp3) is 0.417. The number of carbonyl (C=O) groups is 1. The summed E-state index contributed by atoms with van der Waals surface area (Å²) in [5.74, 6) is -1.11. The lowest BCUT2D eigenvalue weighted by atomic mass is 10.0. The average Bonchev–Trinajstić information content (AvgIpc) is 2.34. The van der Waals surface area contributed by atoms with Gasteiger partial charge in [0.1, 0.15) is 6.04 Å². The summed E-state index contributed by atoms with van der Waals surface area (Å²) in [5, 5.41) is 22.8. The maximum Gasteiger partial charge on any atom is 0.325 e. The third-order valence-electron chi connectivity index (χ3n) is 2.57. The second-order valence-electron chi connectivity index (χ2n) is 3.89. The van der Waals surface area contributed by atoms with Crippen LogP contribution in [0.2, 0.25) is 0 Å². The Bertz CT molecular complexity index is 434. The molecule has 0 spiro atoms. The summed E-state index contributed by atoms with van der Waals surface area (Å²) in [6, 6.07) is 4.85. The van der Waals surface area contributed by atoms with Gasteiger partial charge in [-0.25, -0.2) is 0 Å². The van der Waals surface area contributed by atoms with Gasteiger partial charge >= 0.3 is 5.97 Å². The number of unbranched alkanes of at least 4 members (excludes halogenated alkanes) is 1. The van der Waals surface area contributed by atoms with E-state index in [1.807, 2.05) is 6.92 Å². The molecule has 0 aliphatic carbocycles. The topological polar surface area (TPSA) is 92.5 Å². The smallest absolute Gasteiger partial charge is 0.325 e. The average molecular weight is 252 g/mol. The van der Waals surface area contributed by atoms with Gasteiger partial charge in [0.15, 0.2) is 0 Å². The largest absolute Gasteiger partial charge is 0.480 e. The molecule has 0 bridgehead atoms. The molecule has 1 aromatic rings. The van der Waals surface area contributed by atoms with E-state index in [1.54, 1.807) is 6.07 Å². The second-order valence-corrected chi connectivity index (χ2v) is 3.89. The Balaban J connectivity index is 2.98. The van der Waals surface area contributed by atoms with E-state index in [9.17, 15) is 14.9 Å². The number of nitro groups is 1. The molecule has 0 saturated heterocycles. The van der Waals surface area contributed by atoms with Crippen molar-refractivity contribution < 1.29 is 14.8 Å². The van der Waals surface area contributed by atoms with E-state index in [1.165, 1.54) is 18.2 Å². The summed E-state index contributed by atoms with van der Waals surface area (Å²) in [6.45, 7) is 2.50. The molecule has 2 N–H and O–H groups in total. The van der Waals surface area contributed by atoms with Crippen molar-refractivity contribution in [1.82, 2.24) is 5.32 Å². The first-order valence-electron chi connectivity index (χ1n) is 5.77. The molecular formula is C12H16N2O4. The molecule has 98 valence electrons. The zero-order valence-corrected chi connectivity index (χ0v) is 10.1. The molecule has 1 atom stereocenters. The van der Waals surface area contributed by atoms with Gasteiger partial charge in [0.25, 0.3) is 5.69 Å². The number of benzene rings is 1. The number of rotatable bonds is 7. The van der Waals surface area contributed by atoms with Gasteiger partial charge in [-0.05, 0) is 19.0 Å². The predicted molar refractivity (Wildman–Crippen MR) is 66.4 cm³/mol. The standard InChI is InChI=1S/C12H16N2O4/c1-2-3-8-13-11(12(15)16)9-6-4-5-7-10(9)14(17)18/h4-7,11,13H,2-3,8H2,1H3,(H,15,16). The van der Waals surface area contributed by atoms with Crippen LogP contribution in [0.1, 0.15) is 31.4 Å². The number of carboxylic acid groups (broad SMARTS) is 1. The van der Waals surface area contributed by atoms with Crippen LogP contribution < -0.4 is 5.32 Å². The summed E-state index contributed by atoms with van der Waals surface area (Å²) in [7, 11) is 0. The van der Waals surface area contributed by atoms with Crippen LogP contribution in [0.15, 0.2) is 24.3 Å². The maximum atomic E-state index is 11.2. The molecule has 0 aromatic heterocycles. The van der Waals surface area contributed by atoms with Crippen molar-refractivity contribution in [1.29, 1.82) is 0 Å². The monoisotopic (exact) mass is 252 g/mol. The van der Waals surface area contributed by atoms with Crippen molar-refractivity contribution in [3.05, 3.63) is 39.9 Å². The molecule has 6 nitrogen and oxygen atoms in total. The highest BCUT2D eigenvalue weighted by atomic mass is 16.6. The van der Waals surface area contributed by atoms with Gasteiger partial charge in [-0.2, -0.15) is 0 Å². The third kappa shape index (κ3) is 3.53. The first-order valence-corrected chi connectivity index (χ1v) is 5.77. The normalized spacial score (nSPS) is 12.1. The van der Waals surface area contributed by atoms with E-state index in [-0.39, 0.29) is 11.3 Å². The summed E-state index contributed by atoms with van der Waals surface area (Å²) < 4.78 is 0. The fourth-order valence-corrected chi connectivity index (χ4v) is 1.65. The molecule has 0 radical (unpaired) electrons. The Morgan fingerprint density at radius 1 is 1.50 bits per heavy atom. The highest BCUT2D eigenvalue weighted by molar-refractivity contribution is 5.77. The van der Waals surface area contributed by atoms with Gasteiger partial charge in [0.05, 0.1) is 10.5 Å². The molecule has 1 rings (SSSR count). The van der Waals surface area contributed by atoms with Gasteiger partial charge in [-0.15, -0.1) is 0 Å². The summed E-state index contributed by atoms with van der Waals surface area (Å²) in [5.41, 5.74) is 0.0139. The lowest BCUT2D eigenvalue weighted by Gasteiger charge is -2.14. The first kappa shape index (κ1) is 14.1. The van der Waals surface area contributed by atoms with Crippen molar-refractivity contribution in [3.63, 3.8) is 0 Å². The molecular weight excluding hydrogens is 236 g/mol. The number of nitro benzene ring substituents is 1. The second kappa shape index (κ2) is 6.70. The van der Waals surface area contributed by atoms with E-state index in [0.717, 1.165) is 12.8 Å². The lowest BCUT2D eigenvalue weighted by molar-refractivity contribution is -0.385. The fourth-order valence-electron chi connectivity index (χ4n) is 1.65.